The van der Waals surface area contributed by atoms with Gasteiger partial charge < -0.3 is 9.67 Å². The third kappa shape index (κ3) is 3.13. The highest BCUT2D eigenvalue weighted by atomic mass is 16.6. The number of aromatic nitrogens is 1. The van der Waals surface area contributed by atoms with Crippen LogP contribution in [0.25, 0.3) is 10.8 Å². The summed E-state index contributed by atoms with van der Waals surface area (Å²) in [5.41, 5.74) is 0.166. The Morgan fingerprint density at radius 3 is 2.64 bits per heavy atom. The minimum absolute atomic E-state index is 0.0485. The molecule has 0 amide bonds. The van der Waals surface area contributed by atoms with Crippen molar-refractivity contribution in [2.24, 2.45) is 0 Å². The molecule has 116 valence electrons. The molecule has 0 aliphatic heterocycles. The largest absolute Gasteiger partial charge is 0.481 e. The Hall–Kier alpha value is -2.70. The fourth-order valence-electron chi connectivity index (χ4n) is 2.44. The van der Waals surface area contributed by atoms with Gasteiger partial charge in [0.15, 0.2) is 0 Å². The second kappa shape index (κ2) is 6.38. The first-order chi connectivity index (χ1) is 10.4. The summed E-state index contributed by atoms with van der Waals surface area (Å²) < 4.78 is 1.46. The first-order valence-electron chi connectivity index (χ1n) is 6.90. The SMILES string of the molecule is Cc1ccc2c(=O)n(CCCCC(=O)O)ccc2c1[N+](=O)[O-]. The lowest BCUT2D eigenvalue weighted by atomic mass is 10.1. The topological polar surface area (TPSA) is 102 Å². The molecule has 0 unspecified atom stereocenters. The van der Waals surface area contributed by atoms with Crippen LogP contribution in [0.3, 0.4) is 0 Å². The molecule has 0 aliphatic rings. The van der Waals surface area contributed by atoms with Crippen molar-refractivity contribution in [3.8, 4) is 0 Å². The van der Waals surface area contributed by atoms with Crippen LogP contribution in [0.2, 0.25) is 0 Å². The molecule has 1 aromatic heterocycles. The van der Waals surface area contributed by atoms with E-state index >= 15 is 0 Å². The van der Waals surface area contributed by atoms with E-state index in [1.807, 2.05) is 0 Å². The predicted octanol–water partition coefficient (Wildman–Crippen LogP) is 2.47. The van der Waals surface area contributed by atoms with Gasteiger partial charge in [0.1, 0.15) is 0 Å². The minimum atomic E-state index is -0.864. The maximum absolute atomic E-state index is 12.4. The van der Waals surface area contributed by atoms with Crippen LogP contribution in [0, 0.1) is 17.0 Å². The molecular formula is C15H16N2O5. The molecule has 1 aromatic carbocycles. The number of carboxylic acid groups (broad SMARTS) is 1. The van der Waals surface area contributed by atoms with E-state index in [0.29, 0.717) is 35.7 Å². The van der Waals surface area contributed by atoms with Crippen molar-refractivity contribution in [1.82, 2.24) is 4.57 Å². The van der Waals surface area contributed by atoms with Crippen LogP contribution in [0.1, 0.15) is 24.8 Å². The number of aryl methyl sites for hydroxylation is 2. The second-order valence-corrected chi connectivity index (χ2v) is 5.11. The van der Waals surface area contributed by atoms with Crippen LogP contribution in [0.4, 0.5) is 5.69 Å². The normalized spacial score (nSPS) is 10.8. The Morgan fingerprint density at radius 1 is 1.27 bits per heavy atom. The van der Waals surface area contributed by atoms with E-state index < -0.39 is 10.9 Å². The predicted molar refractivity (Wildman–Crippen MR) is 81.1 cm³/mol. The lowest BCUT2D eigenvalue weighted by molar-refractivity contribution is -0.383. The minimum Gasteiger partial charge on any atom is -0.481 e. The number of aliphatic carboxylic acids is 1. The maximum Gasteiger partial charge on any atom is 0.303 e. The number of benzene rings is 1. The van der Waals surface area contributed by atoms with Gasteiger partial charge >= 0.3 is 5.97 Å². The molecule has 2 rings (SSSR count). The number of pyridine rings is 1. The number of nitrogens with zero attached hydrogens (tertiary/aromatic N) is 2. The fourth-order valence-corrected chi connectivity index (χ4v) is 2.44. The van der Waals surface area contributed by atoms with Gasteiger partial charge in [-0.15, -0.1) is 0 Å². The molecule has 0 radical (unpaired) electrons. The van der Waals surface area contributed by atoms with Crippen LogP contribution in [0.15, 0.2) is 29.2 Å². The van der Waals surface area contributed by atoms with Crippen molar-refractivity contribution in [2.45, 2.75) is 32.7 Å². The zero-order chi connectivity index (χ0) is 16.3. The number of unbranched alkanes of at least 4 members (excludes halogenated alkanes) is 1. The smallest absolute Gasteiger partial charge is 0.303 e. The Labute approximate surface area is 126 Å². The monoisotopic (exact) mass is 304 g/mol. The molecule has 1 N–H and O–H groups in total. The second-order valence-electron chi connectivity index (χ2n) is 5.11. The summed E-state index contributed by atoms with van der Waals surface area (Å²) in [4.78, 5) is 33.5. The first kappa shape index (κ1) is 15.7. The summed E-state index contributed by atoms with van der Waals surface area (Å²) in [6, 6.07) is 4.73. The van der Waals surface area contributed by atoms with Gasteiger partial charge in [0.25, 0.3) is 11.2 Å². The van der Waals surface area contributed by atoms with E-state index in [1.54, 1.807) is 25.1 Å². The number of nitro groups is 1. The highest BCUT2D eigenvalue weighted by Gasteiger charge is 2.17. The molecule has 0 fully saturated rings. The van der Waals surface area contributed by atoms with Gasteiger partial charge in [-0.2, -0.15) is 0 Å². The number of rotatable bonds is 6. The zero-order valence-electron chi connectivity index (χ0n) is 12.1. The standard InChI is InChI=1S/C15H16N2O5/c1-10-5-6-12-11(14(10)17(21)22)7-9-16(15(12)20)8-3-2-4-13(18)19/h5-7,9H,2-4,8H2,1H3,(H,18,19). The quantitative estimate of drug-likeness (QED) is 0.501. The van der Waals surface area contributed by atoms with Gasteiger partial charge in [0.2, 0.25) is 0 Å². The van der Waals surface area contributed by atoms with E-state index in [4.69, 9.17) is 5.11 Å². The number of hydrogen-bond donors (Lipinski definition) is 1. The van der Waals surface area contributed by atoms with Crippen LogP contribution in [0.5, 0.6) is 0 Å². The summed E-state index contributed by atoms with van der Waals surface area (Å²) in [5.74, 6) is -0.864. The van der Waals surface area contributed by atoms with Crippen LogP contribution >= 0.6 is 0 Å². The summed E-state index contributed by atoms with van der Waals surface area (Å²) in [7, 11) is 0. The van der Waals surface area contributed by atoms with Crippen molar-refractivity contribution in [2.75, 3.05) is 0 Å². The molecule has 2 aromatic rings. The fraction of sp³-hybridized carbons (Fsp3) is 0.333. The molecule has 0 aliphatic carbocycles. The lowest BCUT2D eigenvalue weighted by Gasteiger charge is -2.08. The van der Waals surface area contributed by atoms with Gasteiger partial charge in [0.05, 0.1) is 15.7 Å². The number of carboxylic acids is 1. The van der Waals surface area contributed by atoms with Gasteiger partial charge in [-0.25, -0.2) is 0 Å². The molecule has 0 bridgehead atoms. The van der Waals surface area contributed by atoms with Gasteiger partial charge in [-0.3, -0.25) is 19.7 Å². The Bertz CT molecular complexity index is 794. The van der Waals surface area contributed by atoms with Crippen LogP contribution in [-0.2, 0) is 11.3 Å². The number of carbonyl (C=O) groups is 1. The maximum atomic E-state index is 12.4. The third-order valence-corrected chi connectivity index (χ3v) is 3.55. The first-order valence-corrected chi connectivity index (χ1v) is 6.90. The summed E-state index contributed by atoms with van der Waals surface area (Å²) in [6.45, 7) is 2.03. The van der Waals surface area contributed by atoms with Gasteiger partial charge in [-0.05, 0) is 31.9 Å². The molecule has 0 saturated carbocycles. The zero-order valence-corrected chi connectivity index (χ0v) is 12.1. The molecule has 1 heterocycles. The highest BCUT2D eigenvalue weighted by Crippen LogP contribution is 2.27. The average Bonchev–Trinajstić information content (AvgIpc) is 2.44. The molecule has 0 saturated heterocycles. The number of fused-ring (bicyclic) bond motifs is 1. The van der Waals surface area contributed by atoms with E-state index in [2.05, 4.69) is 0 Å². The summed E-state index contributed by atoms with van der Waals surface area (Å²) >= 11 is 0. The summed E-state index contributed by atoms with van der Waals surface area (Å²) in [5, 5.41) is 20.4. The molecule has 7 nitrogen and oxygen atoms in total. The Morgan fingerprint density at radius 2 is 2.00 bits per heavy atom. The van der Waals surface area contributed by atoms with E-state index in [9.17, 15) is 19.7 Å². The van der Waals surface area contributed by atoms with Gasteiger partial charge in [-0.1, -0.05) is 6.07 Å². The molecule has 7 heteroatoms. The Kier molecular flexibility index (Phi) is 4.55. The average molecular weight is 304 g/mol. The third-order valence-electron chi connectivity index (χ3n) is 3.55. The van der Waals surface area contributed by atoms with Crippen molar-refractivity contribution in [3.63, 3.8) is 0 Å². The van der Waals surface area contributed by atoms with Gasteiger partial charge in [0, 0.05) is 24.7 Å². The summed E-state index contributed by atoms with van der Waals surface area (Å²) in [6.07, 6.45) is 2.63. The Balaban J connectivity index is 2.35. The van der Waals surface area contributed by atoms with E-state index in [1.165, 1.54) is 10.8 Å². The molecule has 0 atom stereocenters. The number of hydrogen-bond acceptors (Lipinski definition) is 4. The van der Waals surface area contributed by atoms with E-state index in [-0.39, 0.29) is 17.7 Å². The highest BCUT2D eigenvalue weighted by molar-refractivity contribution is 5.91. The van der Waals surface area contributed by atoms with Crippen molar-refractivity contribution < 1.29 is 14.8 Å². The molecule has 0 spiro atoms. The van der Waals surface area contributed by atoms with Crippen molar-refractivity contribution >= 4 is 22.4 Å². The van der Waals surface area contributed by atoms with Crippen LogP contribution < -0.4 is 5.56 Å². The molecular weight excluding hydrogens is 288 g/mol. The number of nitro benzene ring substituents is 1. The van der Waals surface area contributed by atoms with Crippen molar-refractivity contribution in [1.29, 1.82) is 0 Å². The van der Waals surface area contributed by atoms with Crippen molar-refractivity contribution in [3.05, 3.63) is 50.4 Å². The van der Waals surface area contributed by atoms with E-state index in [0.717, 1.165) is 0 Å². The lowest BCUT2D eigenvalue weighted by Crippen LogP contribution is -2.20. The molecule has 22 heavy (non-hydrogen) atoms. The van der Waals surface area contributed by atoms with Crippen LogP contribution in [-0.4, -0.2) is 20.6 Å².